The van der Waals surface area contributed by atoms with Crippen molar-refractivity contribution in [1.29, 1.82) is 5.26 Å². The summed E-state index contributed by atoms with van der Waals surface area (Å²) in [6.45, 7) is 1.04. The maximum atomic E-state index is 13.5. The number of benzene rings is 1. The van der Waals surface area contributed by atoms with Gasteiger partial charge < -0.3 is 13.5 Å². The van der Waals surface area contributed by atoms with Gasteiger partial charge in [-0.05, 0) is 52.7 Å². The van der Waals surface area contributed by atoms with Crippen molar-refractivity contribution >= 4 is 26.0 Å². The van der Waals surface area contributed by atoms with E-state index >= 15 is 0 Å². The Kier molecular flexibility index (Phi) is 6.79. The van der Waals surface area contributed by atoms with Gasteiger partial charge in [0.05, 0.1) is 15.7 Å². The Labute approximate surface area is 174 Å². The third kappa shape index (κ3) is 4.73. The Balaban J connectivity index is 2.60. The molecular weight excluding hydrogens is 510 g/mol. The monoisotopic (exact) mass is 520 g/mol. The topological polar surface area (TPSA) is 81.3 Å². The zero-order chi connectivity index (χ0) is 22.9. The predicted molar refractivity (Wildman–Crippen MR) is 94.5 cm³/mol. The van der Waals surface area contributed by atoms with E-state index in [0.29, 0.717) is 4.57 Å². The summed E-state index contributed by atoms with van der Waals surface area (Å²) in [6, 6.07) is 5.32. The van der Waals surface area contributed by atoms with Crippen LogP contribution in [0.15, 0.2) is 28.7 Å². The average Bonchev–Trinajstić information content (AvgIpc) is 2.90. The molecule has 30 heavy (non-hydrogen) atoms. The van der Waals surface area contributed by atoms with Crippen LogP contribution in [0.4, 0.5) is 26.3 Å². The van der Waals surface area contributed by atoms with Crippen LogP contribution in [0.3, 0.4) is 0 Å². The van der Waals surface area contributed by atoms with Crippen LogP contribution in [-0.4, -0.2) is 25.1 Å². The van der Waals surface area contributed by atoms with E-state index in [4.69, 9.17) is 4.74 Å². The van der Waals surface area contributed by atoms with Crippen LogP contribution < -0.4 is 4.18 Å². The zero-order valence-electron chi connectivity index (χ0n) is 14.8. The van der Waals surface area contributed by atoms with Crippen LogP contribution >= 0.6 is 15.9 Å². The molecule has 0 unspecified atom stereocenters. The predicted octanol–water partition coefficient (Wildman–Crippen LogP) is 5.03. The molecule has 0 atom stereocenters. The summed E-state index contributed by atoms with van der Waals surface area (Å²) in [5.74, 6) is -0.715. The summed E-state index contributed by atoms with van der Waals surface area (Å²) in [7, 11) is -5.92. The van der Waals surface area contributed by atoms with Crippen molar-refractivity contribution in [2.24, 2.45) is 0 Å². The summed E-state index contributed by atoms with van der Waals surface area (Å²) in [5, 5.41) is 9.36. The highest BCUT2D eigenvalue weighted by Gasteiger charge is 2.48. The number of aromatic nitrogens is 1. The van der Waals surface area contributed by atoms with Crippen LogP contribution in [0, 0.1) is 11.3 Å². The van der Waals surface area contributed by atoms with E-state index in [2.05, 4.69) is 20.1 Å². The summed E-state index contributed by atoms with van der Waals surface area (Å²) in [5.41, 5.74) is -7.48. The van der Waals surface area contributed by atoms with Gasteiger partial charge in [0.15, 0.2) is 0 Å². The molecule has 0 fully saturated rings. The quantitative estimate of drug-likeness (QED) is 0.303. The lowest BCUT2D eigenvalue weighted by molar-refractivity contribution is -0.146. The fraction of sp³-hybridized carbons (Fsp3) is 0.312. The average molecular weight is 521 g/mol. The molecule has 164 valence electrons. The highest BCUT2D eigenvalue weighted by atomic mass is 79.9. The highest BCUT2D eigenvalue weighted by molar-refractivity contribution is 9.10. The van der Waals surface area contributed by atoms with Crippen LogP contribution in [-0.2, 0) is 27.8 Å². The Morgan fingerprint density at radius 3 is 2.13 bits per heavy atom. The van der Waals surface area contributed by atoms with Gasteiger partial charge in [0, 0.05) is 6.61 Å². The number of rotatable bonds is 6. The third-order valence-corrected chi connectivity index (χ3v) is 5.38. The molecule has 1 aromatic heterocycles. The van der Waals surface area contributed by atoms with E-state index in [1.54, 1.807) is 13.0 Å². The second-order valence-corrected chi connectivity index (χ2v) is 7.88. The summed E-state index contributed by atoms with van der Waals surface area (Å²) >= 11 is 2.77. The normalized spacial score (nSPS) is 12.6. The minimum absolute atomic E-state index is 0.0146. The molecule has 2 rings (SSSR count). The minimum atomic E-state index is -5.92. The molecule has 0 saturated heterocycles. The Bertz CT molecular complexity index is 1070. The van der Waals surface area contributed by atoms with Gasteiger partial charge in [-0.25, -0.2) is 0 Å². The first-order valence-electron chi connectivity index (χ1n) is 7.82. The number of alkyl halides is 6. The largest absolute Gasteiger partial charge is 0.534 e. The van der Waals surface area contributed by atoms with Gasteiger partial charge >= 0.3 is 21.8 Å². The van der Waals surface area contributed by atoms with E-state index in [0.717, 1.165) is 24.3 Å². The van der Waals surface area contributed by atoms with Crippen molar-refractivity contribution in [2.75, 3.05) is 6.61 Å². The van der Waals surface area contributed by atoms with Gasteiger partial charge in [-0.3, -0.25) is 0 Å². The van der Waals surface area contributed by atoms with Gasteiger partial charge in [0.25, 0.3) is 0 Å². The molecule has 0 aliphatic carbocycles. The Morgan fingerprint density at radius 2 is 1.70 bits per heavy atom. The molecule has 14 heteroatoms. The standard InChI is InChI=1S/C16H11BrF6N2O4S/c1-2-28-8-25-13(11(7-24)12(17)14(25)15(18,19)20)9-3-5-10(6-4-9)29-30(26,27)16(21,22)23/h3-6H,2,8H2,1H3. The Hall–Kier alpha value is -2.24. The smallest absolute Gasteiger partial charge is 0.376 e. The number of halogens is 7. The molecule has 2 aromatic rings. The van der Waals surface area contributed by atoms with Crippen LogP contribution in [0.25, 0.3) is 11.3 Å². The molecule has 1 heterocycles. The highest BCUT2D eigenvalue weighted by Crippen LogP contribution is 2.43. The van der Waals surface area contributed by atoms with Crippen molar-refractivity contribution < 1.29 is 43.7 Å². The molecule has 0 saturated carbocycles. The SMILES string of the molecule is CCOCn1c(-c2ccc(OS(=O)(=O)C(F)(F)F)cc2)c(C#N)c(Br)c1C(F)(F)F. The molecule has 6 nitrogen and oxygen atoms in total. The lowest BCUT2D eigenvalue weighted by Gasteiger charge is -2.16. The summed E-state index contributed by atoms with van der Waals surface area (Å²) in [6.07, 6.45) is -4.86. The number of hydrogen-bond acceptors (Lipinski definition) is 5. The maximum absolute atomic E-state index is 13.5. The molecule has 0 aliphatic heterocycles. The fourth-order valence-corrected chi connectivity index (χ4v) is 3.60. The molecule has 0 radical (unpaired) electrons. The summed E-state index contributed by atoms with van der Waals surface area (Å²) in [4.78, 5) is 0. The second kappa shape index (κ2) is 8.48. The third-order valence-electron chi connectivity index (χ3n) is 3.63. The van der Waals surface area contributed by atoms with Crippen molar-refractivity contribution in [3.63, 3.8) is 0 Å². The van der Waals surface area contributed by atoms with Crippen molar-refractivity contribution in [2.45, 2.75) is 25.3 Å². The fourth-order valence-electron chi connectivity index (χ4n) is 2.42. The van der Waals surface area contributed by atoms with E-state index in [1.807, 2.05) is 0 Å². The molecule has 0 spiro atoms. The molecule has 0 N–H and O–H groups in total. The van der Waals surface area contributed by atoms with Gasteiger partial charge in [-0.15, -0.1) is 0 Å². The molecule has 0 amide bonds. The zero-order valence-corrected chi connectivity index (χ0v) is 17.2. The van der Waals surface area contributed by atoms with E-state index < -0.39 is 50.0 Å². The lowest BCUT2D eigenvalue weighted by Crippen LogP contribution is -2.28. The lowest BCUT2D eigenvalue weighted by atomic mass is 10.1. The first-order chi connectivity index (χ1) is 13.7. The van der Waals surface area contributed by atoms with E-state index in [9.17, 15) is 40.0 Å². The van der Waals surface area contributed by atoms with E-state index in [-0.39, 0.29) is 17.9 Å². The molecular formula is C16H11BrF6N2O4S. The van der Waals surface area contributed by atoms with Crippen molar-refractivity contribution in [3.8, 4) is 23.1 Å². The number of nitrogens with zero attached hydrogens (tertiary/aromatic N) is 2. The molecule has 1 aromatic carbocycles. The van der Waals surface area contributed by atoms with Crippen molar-refractivity contribution in [1.82, 2.24) is 4.57 Å². The molecule has 0 bridgehead atoms. The number of hydrogen-bond donors (Lipinski definition) is 0. The van der Waals surface area contributed by atoms with Crippen LogP contribution in [0.2, 0.25) is 0 Å². The minimum Gasteiger partial charge on any atom is -0.376 e. The van der Waals surface area contributed by atoms with Crippen LogP contribution in [0.5, 0.6) is 5.75 Å². The number of nitriles is 1. The first-order valence-corrected chi connectivity index (χ1v) is 10.0. The van der Waals surface area contributed by atoms with Crippen molar-refractivity contribution in [3.05, 3.63) is 40.0 Å². The number of ether oxygens (including phenoxy) is 1. The van der Waals surface area contributed by atoms with Gasteiger partial charge in [0.2, 0.25) is 0 Å². The Morgan fingerprint density at radius 1 is 1.13 bits per heavy atom. The van der Waals surface area contributed by atoms with Gasteiger partial charge in [-0.2, -0.15) is 40.0 Å². The van der Waals surface area contributed by atoms with Gasteiger partial charge in [-0.1, -0.05) is 0 Å². The van der Waals surface area contributed by atoms with E-state index in [1.165, 1.54) is 0 Å². The summed E-state index contributed by atoms with van der Waals surface area (Å²) < 4.78 is 109. The maximum Gasteiger partial charge on any atom is 0.534 e. The van der Waals surface area contributed by atoms with Gasteiger partial charge in [0.1, 0.15) is 24.2 Å². The first kappa shape index (κ1) is 24.0. The second-order valence-electron chi connectivity index (χ2n) is 5.55. The molecule has 0 aliphatic rings. The van der Waals surface area contributed by atoms with Crippen LogP contribution in [0.1, 0.15) is 18.2 Å².